The molecule has 0 saturated heterocycles. The molecule has 0 aliphatic carbocycles. The van der Waals surface area contributed by atoms with Crippen molar-refractivity contribution in [3.8, 4) is 0 Å². The monoisotopic (exact) mass is 483 g/mol. The molecule has 0 saturated carbocycles. The Hall–Kier alpha value is -3.92. The summed E-state index contributed by atoms with van der Waals surface area (Å²) in [5, 5.41) is 3.13. The molecule has 2 aromatic carbocycles. The van der Waals surface area contributed by atoms with E-state index in [4.69, 9.17) is 4.42 Å². The summed E-state index contributed by atoms with van der Waals surface area (Å²) in [7, 11) is -4.13. The van der Waals surface area contributed by atoms with E-state index < -0.39 is 22.0 Å². The third-order valence-electron chi connectivity index (χ3n) is 5.45. The number of rotatable bonds is 6. The summed E-state index contributed by atoms with van der Waals surface area (Å²) in [6, 6.07) is 12.5. The number of fused-ring (bicyclic) bond motifs is 1. The highest BCUT2D eigenvalue weighted by Crippen LogP contribution is 2.24. The first-order valence-electron chi connectivity index (χ1n) is 10.4. The fourth-order valence-corrected chi connectivity index (χ4v) is 4.64. The van der Waals surface area contributed by atoms with Crippen LogP contribution in [0.3, 0.4) is 0 Å². The van der Waals surface area contributed by atoms with Crippen LogP contribution >= 0.6 is 0 Å². The van der Waals surface area contributed by atoms with Gasteiger partial charge in [0.1, 0.15) is 23.4 Å². The zero-order valence-electron chi connectivity index (χ0n) is 18.6. The van der Waals surface area contributed by atoms with Crippen LogP contribution in [0.2, 0.25) is 0 Å². The standard InChI is InChI=1S/C24H22FN3O5S/c1-14-13-20(16(3)33-14)24(30)27-34(31,32)18-9-7-17(8-10-18)26-23(29)15(2)28-12-11-19-21(25)5-4-6-22(19)28/h4-13,15H,1-3H3,(H,26,29)(H,27,30)/t15-/m1/s1. The summed E-state index contributed by atoms with van der Waals surface area (Å²) in [5.74, 6) is -0.721. The van der Waals surface area contributed by atoms with Crippen LogP contribution in [-0.2, 0) is 14.8 Å². The number of benzene rings is 2. The first kappa shape index (κ1) is 23.2. The maximum Gasteiger partial charge on any atom is 0.268 e. The van der Waals surface area contributed by atoms with Crippen molar-refractivity contribution in [1.82, 2.24) is 9.29 Å². The van der Waals surface area contributed by atoms with E-state index in [0.717, 1.165) is 0 Å². The highest BCUT2D eigenvalue weighted by atomic mass is 32.2. The summed E-state index contributed by atoms with van der Waals surface area (Å²) in [6.07, 6.45) is 1.64. The molecule has 4 rings (SSSR count). The van der Waals surface area contributed by atoms with Crippen LogP contribution in [0, 0.1) is 19.7 Å². The Bertz CT molecular complexity index is 1500. The van der Waals surface area contributed by atoms with Crippen molar-refractivity contribution in [1.29, 1.82) is 0 Å². The molecule has 0 spiro atoms. The Morgan fingerprint density at radius 2 is 1.76 bits per heavy atom. The Labute approximate surface area is 195 Å². The molecule has 0 bridgehead atoms. The number of amides is 2. The fourth-order valence-electron chi connectivity index (χ4n) is 3.67. The lowest BCUT2D eigenvalue weighted by atomic mass is 10.2. The van der Waals surface area contributed by atoms with Crippen LogP contribution in [0.1, 0.15) is 34.8 Å². The number of aromatic nitrogens is 1. The number of aryl methyl sites for hydroxylation is 2. The van der Waals surface area contributed by atoms with Crippen LogP contribution in [0.15, 0.2) is 70.1 Å². The van der Waals surface area contributed by atoms with Crippen LogP contribution in [-0.4, -0.2) is 24.8 Å². The fraction of sp³-hybridized carbons (Fsp3) is 0.167. The van der Waals surface area contributed by atoms with Gasteiger partial charge in [-0.05, 0) is 69.3 Å². The molecule has 2 N–H and O–H groups in total. The quantitative estimate of drug-likeness (QED) is 0.425. The molecule has 0 fully saturated rings. The van der Waals surface area contributed by atoms with Gasteiger partial charge in [0.05, 0.1) is 16.0 Å². The zero-order valence-corrected chi connectivity index (χ0v) is 19.4. The number of halogens is 1. The Kier molecular flexibility index (Phi) is 6.01. The van der Waals surface area contributed by atoms with Gasteiger partial charge in [-0.15, -0.1) is 0 Å². The van der Waals surface area contributed by atoms with E-state index in [-0.39, 0.29) is 22.2 Å². The number of nitrogens with zero attached hydrogens (tertiary/aromatic N) is 1. The van der Waals surface area contributed by atoms with E-state index in [0.29, 0.717) is 28.1 Å². The highest BCUT2D eigenvalue weighted by Gasteiger charge is 2.22. The second kappa shape index (κ2) is 8.79. The number of nitrogens with one attached hydrogen (secondary N) is 2. The van der Waals surface area contributed by atoms with E-state index in [1.165, 1.54) is 36.4 Å². The third-order valence-corrected chi connectivity index (χ3v) is 6.80. The lowest BCUT2D eigenvalue weighted by Crippen LogP contribution is -2.30. The topological polar surface area (TPSA) is 110 Å². The molecule has 34 heavy (non-hydrogen) atoms. The van der Waals surface area contributed by atoms with Crippen molar-refractivity contribution in [3.05, 3.63) is 83.7 Å². The minimum absolute atomic E-state index is 0.136. The predicted molar refractivity (Wildman–Crippen MR) is 125 cm³/mol. The minimum atomic E-state index is -4.13. The second-order valence-corrected chi connectivity index (χ2v) is 9.53. The molecule has 0 unspecified atom stereocenters. The maximum atomic E-state index is 13.9. The van der Waals surface area contributed by atoms with Crippen LogP contribution in [0.4, 0.5) is 10.1 Å². The summed E-state index contributed by atoms with van der Waals surface area (Å²) in [6.45, 7) is 4.90. The van der Waals surface area contributed by atoms with Crippen molar-refractivity contribution in [2.75, 3.05) is 5.32 Å². The number of anilines is 1. The maximum absolute atomic E-state index is 13.9. The number of sulfonamides is 1. The molecule has 10 heteroatoms. The summed E-state index contributed by atoms with van der Waals surface area (Å²) in [4.78, 5) is 25.0. The smallest absolute Gasteiger partial charge is 0.268 e. The molecule has 8 nitrogen and oxygen atoms in total. The van der Waals surface area contributed by atoms with Gasteiger partial charge < -0.3 is 14.3 Å². The van der Waals surface area contributed by atoms with Crippen molar-refractivity contribution in [3.63, 3.8) is 0 Å². The Balaban J connectivity index is 1.46. The number of hydrogen-bond donors (Lipinski definition) is 2. The van der Waals surface area contributed by atoms with Crippen molar-refractivity contribution < 1.29 is 26.8 Å². The molecule has 2 heterocycles. The second-order valence-electron chi connectivity index (χ2n) is 7.85. The van der Waals surface area contributed by atoms with Gasteiger partial charge in [-0.3, -0.25) is 9.59 Å². The predicted octanol–water partition coefficient (Wildman–Crippen LogP) is 4.31. The third kappa shape index (κ3) is 4.44. The first-order chi connectivity index (χ1) is 16.1. The normalized spacial score (nSPS) is 12.5. The van der Waals surface area contributed by atoms with Gasteiger partial charge in [-0.2, -0.15) is 0 Å². The van der Waals surface area contributed by atoms with Gasteiger partial charge in [0.25, 0.3) is 15.9 Å². The van der Waals surface area contributed by atoms with Crippen LogP contribution in [0.25, 0.3) is 10.9 Å². The van der Waals surface area contributed by atoms with Crippen LogP contribution in [0.5, 0.6) is 0 Å². The summed E-state index contributed by atoms with van der Waals surface area (Å²) < 4.78 is 48.1. The van der Waals surface area contributed by atoms with Crippen molar-refractivity contribution in [2.45, 2.75) is 31.7 Å². The van der Waals surface area contributed by atoms with Gasteiger partial charge in [-0.1, -0.05) is 6.07 Å². The van der Waals surface area contributed by atoms with E-state index >= 15 is 0 Å². The lowest BCUT2D eigenvalue weighted by Gasteiger charge is -2.16. The van der Waals surface area contributed by atoms with Crippen molar-refractivity contribution in [2.24, 2.45) is 0 Å². The van der Waals surface area contributed by atoms with Gasteiger partial charge in [0.15, 0.2) is 0 Å². The molecular weight excluding hydrogens is 461 g/mol. The molecule has 176 valence electrons. The molecule has 0 aliphatic rings. The molecule has 4 aromatic rings. The minimum Gasteiger partial charge on any atom is -0.466 e. The average molecular weight is 484 g/mol. The molecule has 2 aromatic heterocycles. The van der Waals surface area contributed by atoms with Gasteiger partial charge >= 0.3 is 0 Å². The van der Waals surface area contributed by atoms with Crippen molar-refractivity contribution >= 4 is 38.4 Å². The number of hydrogen-bond acceptors (Lipinski definition) is 5. The number of carbonyl (C=O) groups excluding carboxylic acids is 2. The lowest BCUT2D eigenvalue weighted by molar-refractivity contribution is -0.118. The van der Waals surface area contributed by atoms with Gasteiger partial charge in [0.2, 0.25) is 5.91 Å². The Morgan fingerprint density at radius 3 is 2.41 bits per heavy atom. The molecule has 0 radical (unpaired) electrons. The number of carbonyl (C=O) groups is 2. The number of furan rings is 1. The van der Waals surface area contributed by atoms with E-state index in [9.17, 15) is 22.4 Å². The molecular formula is C24H22FN3O5S. The molecule has 2 amide bonds. The van der Waals surface area contributed by atoms with E-state index in [1.807, 2.05) is 4.72 Å². The molecule has 1 atom stereocenters. The zero-order chi connectivity index (χ0) is 24.6. The summed E-state index contributed by atoms with van der Waals surface area (Å²) >= 11 is 0. The largest absolute Gasteiger partial charge is 0.466 e. The van der Waals surface area contributed by atoms with Gasteiger partial charge in [-0.25, -0.2) is 17.5 Å². The van der Waals surface area contributed by atoms with E-state index in [1.54, 1.807) is 49.7 Å². The molecule has 0 aliphatic heterocycles. The first-order valence-corrected chi connectivity index (χ1v) is 11.9. The highest BCUT2D eigenvalue weighted by molar-refractivity contribution is 7.90. The van der Waals surface area contributed by atoms with Gasteiger partial charge in [0, 0.05) is 17.3 Å². The van der Waals surface area contributed by atoms with Crippen LogP contribution < -0.4 is 10.0 Å². The summed E-state index contributed by atoms with van der Waals surface area (Å²) in [5.41, 5.74) is 1.09. The Morgan fingerprint density at radius 1 is 1.06 bits per heavy atom. The average Bonchev–Trinajstić information content (AvgIpc) is 3.36. The van der Waals surface area contributed by atoms with E-state index in [2.05, 4.69) is 5.32 Å². The SMILES string of the molecule is Cc1cc(C(=O)NS(=O)(=O)c2ccc(NC(=O)[C@@H](C)n3ccc4c(F)cccc43)cc2)c(C)o1.